The summed E-state index contributed by atoms with van der Waals surface area (Å²) in [6.07, 6.45) is 1.15. The second kappa shape index (κ2) is 26.5. The summed E-state index contributed by atoms with van der Waals surface area (Å²) in [5, 5.41) is 0. The molecule has 0 rings (SSSR count). The van der Waals surface area contributed by atoms with Gasteiger partial charge in [-0.3, -0.25) is 0 Å². The SMILES string of the molecule is [CH2-]CC=O.[CH2-]CN.[W+2]. The zero-order chi connectivity index (χ0) is 6.12. The molecule has 2 N–H and O–H groups in total. The van der Waals surface area contributed by atoms with Crippen molar-refractivity contribution in [2.45, 2.75) is 6.42 Å². The first kappa shape index (κ1) is 15.8. The molecule has 0 saturated carbocycles. The van der Waals surface area contributed by atoms with Crippen molar-refractivity contribution in [3.05, 3.63) is 13.8 Å². The second-order valence-electron chi connectivity index (χ2n) is 0.744. The third kappa shape index (κ3) is 103. The molecule has 0 fully saturated rings. The van der Waals surface area contributed by atoms with E-state index in [4.69, 9.17) is 10.5 Å². The number of rotatable bonds is 1. The summed E-state index contributed by atoms with van der Waals surface area (Å²) in [7, 11) is 0. The van der Waals surface area contributed by atoms with E-state index in [0.717, 1.165) is 6.29 Å². The monoisotopic (exact) mass is 285 g/mol. The summed E-state index contributed by atoms with van der Waals surface area (Å²) in [5.41, 5.74) is 4.74. The van der Waals surface area contributed by atoms with Gasteiger partial charge in [-0.05, 0) is 0 Å². The Morgan fingerprint density at radius 3 is 1.62 bits per heavy atom. The van der Waals surface area contributed by atoms with Crippen molar-refractivity contribution in [3.63, 3.8) is 0 Å². The minimum Gasteiger partial charge on any atom is -0.360 e. The number of aldehydes is 1. The molecule has 0 radical (unpaired) electrons. The van der Waals surface area contributed by atoms with Crippen LogP contribution < -0.4 is 5.73 Å². The smallest absolute Gasteiger partial charge is 0.360 e. The quantitative estimate of drug-likeness (QED) is 0.552. The standard InChI is InChI=1S/C3H5O.C2H6N.W/c1-2-3-4;1-2-3;/h3H,1-2H2;1-3H2;/q2*-1;+2. The van der Waals surface area contributed by atoms with Crippen LogP contribution >= 0.6 is 0 Å². The minimum absolute atomic E-state index is 0. The number of carbonyl (C=O) groups is 1. The Bertz CT molecular complexity index is 33.6. The Kier molecular flexibility index (Phi) is 52.2. The van der Waals surface area contributed by atoms with E-state index in [0.29, 0.717) is 13.0 Å². The van der Waals surface area contributed by atoms with Crippen LogP contribution in [0.5, 0.6) is 0 Å². The van der Waals surface area contributed by atoms with Crippen LogP contribution in [0, 0.1) is 13.8 Å². The average molecular weight is 285 g/mol. The number of carbonyl (C=O) groups excluding carboxylic acids is 1. The first-order valence-electron chi connectivity index (χ1n) is 2.05. The fourth-order valence-electron chi connectivity index (χ4n) is 0. The Balaban J connectivity index is -0.0000000575. The number of nitrogens with two attached hydrogens (primary N) is 1. The first-order chi connectivity index (χ1) is 3.33. The second-order valence-corrected chi connectivity index (χ2v) is 0.744. The third-order valence-corrected chi connectivity index (χ3v) is 0.118. The molecule has 3 heteroatoms. The van der Waals surface area contributed by atoms with Gasteiger partial charge in [-0.1, -0.05) is 0 Å². The summed E-state index contributed by atoms with van der Waals surface area (Å²) < 4.78 is 0. The van der Waals surface area contributed by atoms with Gasteiger partial charge in [0.1, 0.15) is 0 Å². The van der Waals surface area contributed by atoms with Crippen molar-refractivity contribution < 1.29 is 25.9 Å². The van der Waals surface area contributed by atoms with Crippen LogP contribution in [0.1, 0.15) is 6.42 Å². The van der Waals surface area contributed by atoms with Gasteiger partial charge in [0.15, 0.2) is 0 Å². The van der Waals surface area contributed by atoms with Crippen LogP contribution in [0.3, 0.4) is 0 Å². The van der Waals surface area contributed by atoms with Crippen molar-refractivity contribution in [2.24, 2.45) is 5.73 Å². The Morgan fingerprint density at radius 2 is 1.62 bits per heavy atom. The first-order valence-corrected chi connectivity index (χ1v) is 2.05. The molecule has 0 heterocycles. The van der Waals surface area contributed by atoms with E-state index in [1.807, 2.05) is 0 Å². The van der Waals surface area contributed by atoms with Gasteiger partial charge in [0, 0.05) is 0 Å². The molecule has 0 aliphatic carbocycles. The molecule has 0 aromatic carbocycles. The molecule has 0 aromatic heterocycles. The minimum atomic E-state index is 0. The number of hydrogen-bond acceptors (Lipinski definition) is 2. The molecule has 0 bridgehead atoms. The van der Waals surface area contributed by atoms with Gasteiger partial charge in [0.25, 0.3) is 0 Å². The van der Waals surface area contributed by atoms with Gasteiger partial charge in [-0.25, -0.2) is 0 Å². The van der Waals surface area contributed by atoms with E-state index in [1.54, 1.807) is 0 Å². The predicted molar refractivity (Wildman–Crippen MR) is 30.4 cm³/mol. The summed E-state index contributed by atoms with van der Waals surface area (Å²) in [6, 6.07) is 0. The zero-order valence-electron chi connectivity index (χ0n) is 4.80. The van der Waals surface area contributed by atoms with Crippen LogP contribution in [-0.4, -0.2) is 12.8 Å². The molecule has 2 nitrogen and oxygen atoms in total. The van der Waals surface area contributed by atoms with Crippen molar-refractivity contribution in [1.82, 2.24) is 0 Å². The average Bonchev–Trinajstić information content (AvgIpc) is 1.69. The van der Waals surface area contributed by atoms with Crippen molar-refractivity contribution in [3.8, 4) is 0 Å². The van der Waals surface area contributed by atoms with Crippen LogP contribution in [0.15, 0.2) is 0 Å². The predicted octanol–water partition coefficient (Wildman–Crippen LogP) is 0.186. The molecule has 0 unspecified atom stereocenters. The summed E-state index contributed by atoms with van der Waals surface area (Å²) in [5.74, 6) is 0. The van der Waals surface area contributed by atoms with Gasteiger partial charge in [0.05, 0.1) is 6.29 Å². The van der Waals surface area contributed by atoms with E-state index in [1.165, 1.54) is 0 Å². The molecular formula is C5H11NOW. The van der Waals surface area contributed by atoms with E-state index >= 15 is 0 Å². The summed E-state index contributed by atoms with van der Waals surface area (Å²) >= 11 is 0. The fourth-order valence-corrected chi connectivity index (χ4v) is 0. The van der Waals surface area contributed by atoms with Gasteiger partial charge in [-0.2, -0.15) is 0 Å². The molecule has 0 saturated heterocycles. The zero-order valence-corrected chi connectivity index (χ0v) is 7.73. The molecular weight excluding hydrogens is 274 g/mol. The van der Waals surface area contributed by atoms with Gasteiger partial charge >= 0.3 is 21.1 Å². The van der Waals surface area contributed by atoms with E-state index < -0.39 is 0 Å². The fraction of sp³-hybridized carbons (Fsp3) is 0.400. The molecule has 0 atom stereocenters. The van der Waals surface area contributed by atoms with Crippen LogP contribution in [0.4, 0.5) is 0 Å². The van der Waals surface area contributed by atoms with Crippen LogP contribution in [-0.2, 0) is 25.9 Å². The van der Waals surface area contributed by atoms with Crippen molar-refractivity contribution >= 4 is 6.29 Å². The largest absolute Gasteiger partial charge is 2.00 e. The van der Waals surface area contributed by atoms with Crippen molar-refractivity contribution in [2.75, 3.05) is 6.54 Å². The van der Waals surface area contributed by atoms with E-state index in [2.05, 4.69) is 13.8 Å². The van der Waals surface area contributed by atoms with Crippen LogP contribution in [0.25, 0.3) is 0 Å². The maximum atomic E-state index is 9.11. The van der Waals surface area contributed by atoms with Gasteiger partial charge in [-0.15, -0.1) is 13.0 Å². The molecule has 0 aromatic rings. The normalized spacial score (nSPS) is 5.38. The third-order valence-electron chi connectivity index (χ3n) is 0.118. The summed E-state index contributed by atoms with van der Waals surface area (Å²) in [4.78, 5) is 9.11. The molecule has 0 spiro atoms. The Morgan fingerprint density at radius 1 is 1.50 bits per heavy atom. The molecule has 8 heavy (non-hydrogen) atoms. The maximum Gasteiger partial charge on any atom is 2.00 e. The maximum absolute atomic E-state index is 9.11. The van der Waals surface area contributed by atoms with Gasteiger partial charge < -0.3 is 24.4 Å². The molecule has 48 valence electrons. The Labute approximate surface area is 65.1 Å². The molecule has 0 amide bonds. The van der Waals surface area contributed by atoms with E-state index in [9.17, 15) is 0 Å². The van der Waals surface area contributed by atoms with Gasteiger partial charge in [0.2, 0.25) is 0 Å². The van der Waals surface area contributed by atoms with Crippen LogP contribution in [0.2, 0.25) is 0 Å². The Hall–Kier alpha value is 0.318. The topological polar surface area (TPSA) is 43.1 Å². The molecule has 0 aliphatic rings. The molecule has 0 aliphatic heterocycles. The van der Waals surface area contributed by atoms with Crippen molar-refractivity contribution in [1.29, 1.82) is 0 Å². The summed E-state index contributed by atoms with van der Waals surface area (Å²) in [6.45, 7) is 7.00. The number of hydrogen-bond donors (Lipinski definition) is 1. The van der Waals surface area contributed by atoms with E-state index in [-0.39, 0.29) is 21.1 Å².